The average Bonchev–Trinajstić information content (AvgIpc) is 2.61. The van der Waals surface area contributed by atoms with Crippen molar-refractivity contribution in [3.05, 3.63) is 39.7 Å². The third kappa shape index (κ3) is 4.14. The number of methoxy groups -OCH3 is 1. The number of nitrogens with zero attached hydrogens (tertiary/aromatic N) is 1. The highest BCUT2D eigenvalue weighted by atomic mass is 16.5. The fourth-order valence-electron chi connectivity index (χ4n) is 3.53. The second-order valence-corrected chi connectivity index (χ2v) is 7.03. The normalized spacial score (nSPS) is 18.2. The molecule has 0 bridgehead atoms. The number of hydrogen-bond donors (Lipinski definition) is 1. The summed E-state index contributed by atoms with van der Waals surface area (Å²) in [5.74, 6) is 0.0232. The van der Waals surface area contributed by atoms with E-state index in [0.29, 0.717) is 12.2 Å². The number of aryl methyl sites for hydroxylation is 2. The quantitative estimate of drug-likeness (QED) is 0.832. The highest BCUT2D eigenvalue weighted by Crippen LogP contribution is 2.26. The van der Waals surface area contributed by atoms with Gasteiger partial charge in [-0.05, 0) is 56.5 Å². The van der Waals surface area contributed by atoms with Gasteiger partial charge in [0.2, 0.25) is 5.91 Å². The van der Waals surface area contributed by atoms with Gasteiger partial charge >= 0.3 is 5.63 Å². The predicted molar refractivity (Wildman–Crippen MR) is 102 cm³/mol. The van der Waals surface area contributed by atoms with Gasteiger partial charge in [-0.15, -0.1) is 0 Å². The molecule has 1 aromatic carbocycles. The molecule has 1 aliphatic rings. The van der Waals surface area contributed by atoms with Crippen molar-refractivity contribution in [2.75, 3.05) is 38.7 Å². The number of nitrogens with one attached hydrogen (secondary N) is 1. The van der Waals surface area contributed by atoms with Gasteiger partial charge in [0, 0.05) is 37.3 Å². The molecule has 0 aliphatic carbocycles. The van der Waals surface area contributed by atoms with Crippen molar-refractivity contribution in [3.63, 3.8) is 0 Å². The number of likely N-dealkylation sites (tertiary alicyclic amines) is 1. The second kappa shape index (κ2) is 8.01. The lowest BCUT2D eigenvalue weighted by atomic mass is 9.96. The number of piperidine rings is 1. The predicted octanol–water partition coefficient (Wildman–Crippen LogP) is 2.71. The van der Waals surface area contributed by atoms with Crippen molar-refractivity contribution in [3.8, 4) is 0 Å². The molecular weight excluding hydrogens is 332 g/mol. The lowest BCUT2D eigenvalue weighted by Crippen LogP contribution is -2.42. The molecular formula is C20H26N2O4. The molecule has 1 unspecified atom stereocenters. The largest absolute Gasteiger partial charge is 0.423 e. The Hall–Kier alpha value is -2.18. The lowest BCUT2D eigenvalue weighted by Gasteiger charge is -2.31. The fourth-order valence-corrected chi connectivity index (χ4v) is 3.53. The zero-order chi connectivity index (χ0) is 18.7. The lowest BCUT2D eigenvalue weighted by molar-refractivity contribution is -0.121. The van der Waals surface area contributed by atoms with Crippen LogP contribution in [0.4, 0.5) is 5.69 Å². The molecule has 1 fully saturated rings. The van der Waals surface area contributed by atoms with Crippen LogP contribution in [0.1, 0.15) is 24.0 Å². The monoisotopic (exact) mass is 358 g/mol. The molecule has 140 valence electrons. The van der Waals surface area contributed by atoms with Crippen LogP contribution < -0.4 is 10.9 Å². The van der Waals surface area contributed by atoms with Crippen LogP contribution in [0.2, 0.25) is 0 Å². The van der Waals surface area contributed by atoms with Crippen LogP contribution in [0.3, 0.4) is 0 Å². The first-order valence-corrected chi connectivity index (χ1v) is 9.05. The number of amides is 1. The van der Waals surface area contributed by atoms with Crippen LogP contribution >= 0.6 is 0 Å². The SMILES string of the molecule is COCCN1CCCC(C(=O)Nc2cc3c(C)cc(=O)oc3cc2C)C1. The second-order valence-electron chi connectivity index (χ2n) is 7.03. The number of rotatable bonds is 5. The van der Waals surface area contributed by atoms with Gasteiger partial charge in [-0.2, -0.15) is 0 Å². The summed E-state index contributed by atoms with van der Waals surface area (Å²) in [7, 11) is 1.70. The molecule has 26 heavy (non-hydrogen) atoms. The Morgan fingerprint density at radius 3 is 2.88 bits per heavy atom. The third-order valence-corrected chi connectivity index (χ3v) is 5.04. The standard InChI is InChI=1S/C20H26N2O4/c1-13-10-19(23)26-18-9-14(2)17(11-16(13)18)21-20(24)15-5-4-6-22(12-15)7-8-25-3/h9-11,15H,4-8,12H2,1-3H3,(H,21,24). The van der Waals surface area contributed by atoms with Gasteiger partial charge in [0.25, 0.3) is 0 Å². The number of anilines is 1. The van der Waals surface area contributed by atoms with Gasteiger partial charge in [-0.3, -0.25) is 4.79 Å². The molecule has 2 aromatic rings. The number of carbonyl (C=O) groups excluding carboxylic acids is 1. The van der Waals surface area contributed by atoms with Gasteiger partial charge in [0.1, 0.15) is 5.58 Å². The summed E-state index contributed by atoms with van der Waals surface area (Å²) in [5.41, 5.74) is 2.69. The summed E-state index contributed by atoms with van der Waals surface area (Å²) in [4.78, 5) is 26.6. The maximum atomic E-state index is 12.8. The molecule has 0 radical (unpaired) electrons. The van der Waals surface area contributed by atoms with E-state index in [9.17, 15) is 9.59 Å². The molecule has 6 nitrogen and oxygen atoms in total. The summed E-state index contributed by atoms with van der Waals surface area (Å²) < 4.78 is 10.4. The number of carbonyl (C=O) groups is 1. The fraction of sp³-hybridized carbons (Fsp3) is 0.500. The summed E-state index contributed by atoms with van der Waals surface area (Å²) in [6, 6.07) is 5.18. The third-order valence-electron chi connectivity index (χ3n) is 5.04. The topological polar surface area (TPSA) is 71.8 Å². The molecule has 0 spiro atoms. The van der Waals surface area contributed by atoms with Crippen molar-refractivity contribution in [2.24, 2.45) is 5.92 Å². The zero-order valence-corrected chi connectivity index (χ0v) is 15.6. The van der Waals surface area contributed by atoms with E-state index in [2.05, 4.69) is 10.2 Å². The summed E-state index contributed by atoms with van der Waals surface area (Å²) in [6.45, 7) is 7.09. The number of fused-ring (bicyclic) bond motifs is 1. The molecule has 1 aliphatic heterocycles. The minimum atomic E-state index is -0.357. The number of benzene rings is 1. The number of hydrogen-bond acceptors (Lipinski definition) is 5. The van der Waals surface area contributed by atoms with E-state index in [1.54, 1.807) is 7.11 Å². The van der Waals surface area contributed by atoms with Crippen LogP contribution in [0.5, 0.6) is 0 Å². The van der Waals surface area contributed by atoms with Gasteiger partial charge in [0.15, 0.2) is 0 Å². The zero-order valence-electron chi connectivity index (χ0n) is 15.6. The number of ether oxygens (including phenoxy) is 1. The molecule has 1 atom stereocenters. The Labute approximate surface area is 153 Å². The highest BCUT2D eigenvalue weighted by Gasteiger charge is 2.26. The van der Waals surface area contributed by atoms with E-state index in [4.69, 9.17) is 9.15 Å². The van der Waals surface area contributed by atoms with Gasteiger partial charge < -0.3 is 19.4 Å². The first kappa shape index (κ1) is 18.6. The molecule has 2 heterocycles. The highest BCUT2D eigenvalue weighted by molar-refractivity contribution is 5.96. The Morgan fingerprint density at radius 2 is 2.12 bits per heavy atom. The minimum absolute atomic E-state index is 0.0227. The minimum Gasteiger partial charge on any atom is -0.423 e. The van der Waals surface area contributed by atoms with E-state index in [-0.39, 0.29) is 17.5 Å². The van der Waals surface area contributed by atoms with E-state index in [1.165, 1.54) is 6.07 Å². The van der Waals surface area contributed by atoms with Crippen LogP contribution in [-0.4, -0.2) is 44.2 Å². The van der Waals surface area contributed by atoms with Gasteiger partial charge in [-0.25, -0.2) is 4.79 Å². The van der Waals surface area contributed by atoms with Crippen molar-refractivity contribution in [1.29, 1.82) is 0 Å². The van der Waals surface area contributed by atoms with Gasteiger partial charge in [0.05, 0.1) is 12.5 Å². The maximum absolute atomic E-state index is 12.8. The van der Waals surface area contributed by atoms with E-state index in [1.807, 2.05) is 26.0 Å². The summed E-state index contributed by atoms with van der Waals surface area (Å²) >= 11 is 0. The smallest absolute Gasteiger partial charge is 0.336 e. The molecule has 3 rings (SSSR count). The first-order chi connectivity index (χ1) is 12.5. The molecule has 1 N–H and O–H groups in total. The van der Waals surface area contributed by atoms with Crippen LogP contribution in [0.25, 0.3) is 11.0 Å². The molecule has 0 saturated carbocycles. The molecule has 1 saturated heterocycles. The summed E-state index contributed by atoms with van der Waals surface area (Å²) in [5, 5.41) is 3.92. The Bertz CT molecular complexity index is 859. The molecule has 1 amide bonds. The molecule has 6 heteroatoms. The van der Waals surface area contributed by atoms with Crippen molar-refractivity contribution < 1.29 is 13.9 Å². The average molecular weight is 358 g/mol. The molecule has 1 aromatic heterocycles. The van der Waals surface area contributed by atoms with Crippen molar-refractivity contribution in [2.45, 2.75) is 26.7 Å². The van der Waals surface area contributed by atoms with Crippen molar-refractivity contribution >= 4 is 22.6 Å². The van der Waals surface area contributed by atoms with Gasteiger partial charge in [-0.1, -0.05) is 0 Å². The van der Waals surface area contributed by atoms with E-state index < -0.39 is 0 Å². The Morgan fingerprint density at radius 1 is 1.31 bits per heavy atom. The maximum Gasteiger partial charge on any atom is 0.336 e. The Kier molecular flexibility index (Phi) is 5.74. The van der Waals surface area contributed by atoms with E-state index in [0.717, 1.165) is 54.7 Å². The van der Waals surface area contributed by atoms with E-state index >= 15 is 0 Å². The van der Waals surface area contributed by atoms with Crippen molar-refractivity contribution in [1.82, 2.24) is 4.90 Å². The van der Waals surface area contributed by atoms with Crippen LogP contribution in [0.15, 0.2) is 27.4 Å². The van der Waals surface area contributed by atoms with Crippen LogP contribution in [-0.2, 0) is 9.53 Å². The summed E-state index contributed by atoms with van der Waals surface area (Å²) in [6.07, 6.45) is 1.92. The Balaban J connectivity index is 1.76. The first-order valence-electron chi connectivity index (χ1n) is 9.05. The van der Waals surface area contributed by atoms with Crippen LogP contribution in [0, 0.1) is 19.8 Å².